The van der Waals surface area contributed by atoms with E-state index in [0.717, 1.165) is 13.0 Å². The monoisotopic (exact) mass is 229 g/mol. The lowest BCUT2D eigenvalue weighted by Gasteiger charge is -2.23. The fraction of sp³-hybridized carbons (Fsp3) is 0.750. The Morgan fingerprint density at radius 3 is 2.50 bits per heavy atom. The van der Waals surface area contributed by atoms with E-state index in [0.29, 0.717) is 18.5 Å². The van der Waals surface area contributed by atoms with E-state index in [1.165, 1.54) is 0 Å². The molecule has 0 fully saturated rings. The standard InChI is InChI=1S/C12H23NO3/c1-4-10(11(15)16)5-7-13-9-12(2,3)6-8-14/h5,13-14H,4,6-9H2,1-3H3,(H,15,16). The minimum Gasteiger partial charge on any atom is -0.478 e. The summed E-state index contributed by atoms with van der Waals surface area (Å²) in [5, 5.41) is 20.8. The van der Waals surface area contributed by atoms with Crippen molar-refractivity contribution in [1.29, 1.82) is 0 Å². The first-order valence-corrected chi connectivity index (χ1v) is 5.67. The van der Waals surface area contributed by atoms with Gasteiger partial charge < -0.3 is 15.5 Å². The molecule has 0 rings (SSSR count). The van der Waals surface area contributed by atoms with Crippen molar-refractivity contribution < 1.29 is 15.0 Å². The molecule has 0 aliphatic carbocycles. The Hall–Kier alpha value is -0.870. The summed E-state index contributed by atoms with van der Waals surface area (Å²) in [4.78, 5) is 10.7. The van der Waals surface area contributed by atoms with E-state index in [4.69, 9.17) is 10.2 Å². The molecule has 4 heteroatoms. The third kappa shape index (κ3) is 6.58. The topological polar surface area (TPSA) is 69.6 Å². The predicted molar refractivity (Wildman–Crippen MR) is 64.4 cm³/mol. The van der Waals surface area contributed by atoms with Gasteiger partial charge in [-0.25, -0.2) is 4.79 Å². The van der Waals surface area contributed by atoms with Crippen LogP contribution in [0.3, 0.4) is 0 Å². The van der Waals surface area contributed by atoms with E-state index in [2.05, 4.69) is 19.2 Å². The first kappa shape index (κ1) is 15.1. The molecule has 16 heavy (non-hydrogen) atoms. The van der Waals surface area contributed by atoms with Gasteiger partial charge in [-0.15, -0.1) is 0 Å². The van der Waals surface area contributed by atoms with E-state index in [1.54, 1.807) is 6.08 Å². The molecule has 3 N–H and O–H groups in total. The molecule has 0 unspecified atom stereocenters. The van der Waals surface area contributed by atoms with Gasteiger partial charge in [0.05, 0.1) is 0 Å². The third-order valence-electron chi connectivity index (χ3n) is 2.54. The van der Waals surface area contributed by atoms with E-state index in [1.807, 2.05) is 6.92 Å². The van der Waals surface area contributed by atoms with Crippen molar-refractivity contribution in [3.63, 3.8) is 0 Å². The molecule has 94 valence electrons. The molecule has 0 radical (unpaired) electrons. The molecule has 0 aliphatic heterocycles. The van der Waals surface area contributed by atoms with Crippen LogP contribution in [0, 0.1) is 5.41 Å². The number of rotatable bonds is 8. The van der Waals surface area contributed by atoms with Crippen LogP contribution in [-0.4, -0.2) is 35.9 Å². The molecule has 0 spiro atoms. The molecule has 4 nitrogen and oxygen atoms in total. The maximum Gasteiger partial charge on any atom is 0.331 e. The minimum atomic E-state index is -0.848. The highest BCUT2D eigenvalue weighted by atomic mass is 16.4. The molecule has 0 aromatic carbocycles. The van der Waals surface area contributed by atoms with Gasteiger partial charge >= 0.3 is 5.97 Å². The van der Waals surface area contributed by atoms with Gasteiger partial charge in [0.25, 0.3) is 0 Å². The number of carboxylic acids is 1. The van der Waals surface area contributed by atoms with Crippen LogP contribution >= 0.6 is 0 Å². The van der Waals surface area contributed by atoms with Gasteiger partial charge in [0.2, 0.25) is 0 Å². The highest BCUT2D eigenvalue weighted by Gasteiger charge is 2.15. The van der Waals surface area contributed by atoms with Crippen molar-refractivity contribution in [1.82, 2.24) is 5.32 Å². The fourth-order valence-corrected chi connectivity index (χ4v) is 1.38. The maximum atomic E-state index is 10.7. The second-order valence-corrected chi connectivity index (χ2v) is 4.66. The number of carbonyl (C=O) groups is 1. The van der Waals surface area contributed by atoms with Crippen LogP contribution in [0.2, 0.25) is 0 Å². The summed E-state index contributed by atoms with van der Waals surface area (Å²) in [6.45, 7) is 7.47. The first-order chi connectivity index (χ1) is 7.43. The molecule has 0 saturated heterocycles. The van der Waals surface area contributed by atoms with Crippen molar-refractivity contribution in [2.45, 2.75) is 33.6 Å². The average molecular weight is 229 g/mol. The van der Waals surface area contributed by atoms with Gasteiger partial charge in [0.15, 0.2) is 0 Å². The molecule has 0 heterocycles. The second kappa shape index (κ2) is 7.41. The summed E-state index contributed by atoms with van der Waals surface area (Å²) in [6.07, 6.45) is 2.98. The zero-order chi connectivity index (χ0) is 12.6. The summed E-state index contributed by atoms with van der Waals surface area (Å²) < 4.78 is 0. The Kier molecular flexibility index (Phi) is 7.01. The van der Waals surface area contributed by atoms with Crippen molar-refractivity contribution in [3.8, 4) is 0 Å². The van der Waals surface area contributed by atoms with Gasteiger partial charge in [0.1, 0.15) is 0 Å². The molecular weight excluding hydrogens is 206 g/mol. The van der Waals surface area contributed by atoms with Gasteiger partial charge in [0, 0.05) is 25.3 Å². The zero-order valence-electron chi connectivity index (χ0n) is 10.4. The minimum absolute atomic E-state index is 0.0399. The van der Waals surface area contributed by atoms with Crippen LogP contribution in [0.15, 0.2) is 11.6 Å². The molecule has 0 aromatic rings. The lowest BCUT2D eigenvalue weighted by Crippen LogP contribution is -2.30. The van der Waals surface area contributed by atoms with E-state index in [9.17, 15) is 4.79 Å². The van der Waals surface area contributed by atoms with Crippen LogP contribution in [0.25, 0.3) is 0 Å². The molecule has 0 saturated carbocycles. The fourth-order valence-electron chi connectivity index (χ4n) is 1.38. The molecule has 0 amide bonds. The lowest BCUT2D eigenvalue weighted by atomic mass is 9.90. The maximum absolute atomic E-state index is 10.7. The van der Waals surface area contributed by atoms with Crippen LogP contribution < -0.4 is 5.32 Å². The van der Waals surface area contributed by atoms with Crippen molar-refractivity contribution in [3.05, 3.63) is 11.6 Å². The Balaban J connectivity index is 3.94. The predicted octanol–water partition coefficient (Wildman–Crippen LogP) is 1.41. The highest BCUT2D eigenvalue weighted by molar-refractivity contribution is 5.86. The number of aliphatic hydroxyl groups is 1. The normalized spacial score (nSPS) is 12.9. The van der Waals surface area contributed by atoms with Gasteiger partial charge in [-0.3, -0.25) is 0 Å². The smallest absolute Gasteiger partial charge is 0.331 e. The van der Waals surface area contributed by atoms with Crippen LogP contribution in [-0.2, 0) is 4.79 Å². The summed E-state index contributed by atoms with van der Waals surface area (Å²) in [7, 11) is 0. The SMILES string of the molecule is CCC(=CCNCC(C)(C)CCO)C(=O)O. The molecule has 0 atom stereocenters. The van der Waals surface area contributed by atoms with Crippen LogP contribution in [0.1, 0.15) is 33.6 Å². The third-order valence-corrected chi connectivity index (χ3v) is 2.54. The largest absolute Gasteiger partial charge is 0.478 e. The van der Waals surface area contributed by atoms with Crippen LogP contribution in [0.5, 0.6) is 0 Å². The van der Waals surface area contributed by atoms with E-state index >= 15 is 0 Å². The van der Waals surface area contributed by atoms with Gasteiger partial charge in [-0.05, 0) is 18.3 Å². The summed E-state index contributed by atoms with van der Waals surface area (Å²) in [5.41, 5.74) is 0.477. The summed E-state index contributed by atoms with van der Waals surface area (Å²) >= 11 is 0. The Morgan fingerprint density at radius 1 is 1.44 bits per heavy atom. The van der Waals surface area contributed by atoms with Crippen LogP contribution in [0.4, 0.5) is 0 Å². The first-order valence-electron chi connectivity index (χ1n) is 5.67. The molecule has 0 aromatic heterocycles. The average Bonchev–Trinajstić information content (AvgIpc) is 2.17. The van der Waals surface area contributed by atoms with Crippen molar-refractivity contribution >= 4 is 5.97 Å². The second-order valence-electron chi connectivity index (χ2n) is 4.66. The number of aliphatic carboxylic acids is 1. The highest BCUT2D eigenvalue weighted by Crippen LogP contribution is 2.17. The van der Waals surface area contributed by atoms with E-state index in [-0.39, 0.29) is 12.0 Å². The Morgan fingerprint density at radius 2 is 2.06 bits per heavy atom. The molecule has 0 aliphatic rings. The number of aliphatic hydroxyl groups excluding tert-OH is 1. The van der Waals surface area contributed by atoms with Gasteiger partial charge in [-0.2, -0.15) is 0 Å². The number of hydrogen-bond acceptors (Lipinski definition) is 3. The number of hydrogen-bond donors (Lipinski definition) is 3. The number of carboxylic acid groups (broad SMARTS) is 1. The van der Waals surface area contributed by atoms with Crippen molar-refractivity contribution in [2.24, 2.45) is 5.41 Å². The Bertz CT molecular complexity index is 247. The number of nitrogens with one attached hydrogen (secondary N) is 1. The molecular formula is C12H23NO3. The lowest BCUT2D eigenvalue weighted by molar-refractivity contribution is -0.132. The van der Waals surface area contributed by atoms with E-state index < -0.39 is 5.97 Å². The molecule has 0 bridgehead atoms. The van der Waals surface area contributed by atoms with Gasteiger partial charge in [-0.1, -0.05) is 26.8 Å². The summed E-state index contributed by atoms with van der Waals surface area (Å²) in [5.74, 6) is -0.848. The summed E-state index contributed by atoms with van der Waals surface area (Å²) in [6, 6.07) is 0. The zero-order valence-corrected chi connectivity index (χ0v) is 10.4. The Labute approximate surface area is 97.4 Å². The van der Waals surface area contributed by atoms with Crippen molar-refractivity contribution in [2.75, 3.05) is 19.7 Å². The quantitative estimate of drug-likeness (QED) is 0.435.